The van der Waals surface area contributed by atoms with Crippen LogP contribution in [0.3, 0.4) is 0 Å². The molecule has 2 N–H and O–H groups in total. The van der Waals surface area contributed by atoms with E-state index < -0.39 is 6.61 Å². The largest absolute Gasteiger partial charge is 0.493 e. The number of nitrogens with one attached hydrogen (secondary N) is 2. The Balaban J connectivity index is 2.06. The van der Waals surface area contributed by atoms with Crippen molar-refractivity contribution in [2.75, 3.05) is 33.9 Å². The highest BCUT2D eigenvalue weighted by Crippen LogP contribution is 2.39. The molecular weight excluding hydrogens is 322 g/mol. The quantitative estimate of drug-likeness (QED) is 0.755. The zero-order chi connectivity index (χ0) is 17.5. The molecule has 1 heterocycles. The summed E-state index contributed by atoms with van der Waals surface area (Å²) in [5.74, 6) is 0.0421. The van der Waals surface area contributed by atoms with Crippen molar-refractivity contribution in [1.29, 1.82) is 0 Å². The van der Waals surface area contributed by atoms with Crippen molar-refractivity contribution in [3.8, 4) is 17.2 Å². The van der Waals surface area contributed by atoms with E-state index in [1.54, 1.807) is 0 Å². The molecule has 0 bridgehead atoms. The van der Waals surface area contributed by atoms with Crippen molar-refractivity contribution in [2.45, 2.75) is 19.5 Å². The molecule has 1 aromatic rings. The van der Waals surface area contributed by atoms with Gasteiger partial charge in [-0.15, -0.1) is 0 Å². The fourth-order valence-electron chi connectivity index (χ4n) is 2.67. The summed E-state index contributed by atoms with van der Waals surface area (Å²) in [4.78, 5) is 12.3. The first-order valence-electron chi connectivity index (χ1n) is 7.75. The Morgan fingerprint density at radius 3 is 2.50 bits per heavy atom. The number of alkyl halides is 2. The van der Waals surface area contributed by atoms with Gasteiger partial charge < -0.3 is 24.8 Å². The van der Waals surface area contributed by atoms with E-state index >= 15 is 0 Å². The number of carbonyl (C=O) groups excluding carboxylic acids is 1. The molecule has 6 nitrogen and oxygen atoms in total. The third-order valence-electron chi connectivity index (χ3n) is 3.93. The van der Waals surface area contributed by atoms with Crippen LogP contribution in [0.5, 0.6) is 17.2 Å². The van der Waals surface area contributed by atoms with E-state index in [0.29, 0.717) is 12.5 Å². The van der Waals surface area contributed by atoms with Crippen LogP contribution >= 0.6 is 0 Å². The highest BCUT2D eigenvalue weighted by atomic mass is 19.3. The molecular formula is C16H22F2N2O4. The van der Waals surface area contributed by atoms with Gasteiger partial charge in [-0.3, -0.25) is 4.79 Å². The van der Waals surface area contributed by atoms with Crippen molar-refractivity contribution < 1.29 is 27.8 Å². The standard InChI is InChI=1S/C16H22F2N2O4/c1-22-12-7-11(8-13(23-2)14(12)24-16(17)18)15(21)20-6-4-10-3-5-19-9-10/h7-8,10,16,19H,3-6,9H2,1-2H3,(H,20,21). The van der Waals surface area contributed by atoms with E-state index in [-0.39, 0.29) is 28.7 Å². The van der Waals surface area contributed by atoms with E-state index in [9.17, 15) is 13.6 Å². The summed E-state index contributed by atoms with van der Waals surface area (Å²) >= 11 is 0. The van der Waals surface area contributed by atoms with Crippen molar-refractivity contribution in [2.24, 2.45) is 5.92 Å². The Labute approximate surface area is 139 Å². The Kier molecular flexibility index (Phi) is 6.60. The fourth-order valence-corrected chi connectivity index (χ4v) is 2.67. The lowest BCUT2D eigenvalue weighted by atomic mass is 10.1. The van der Waals surface area contributed by atoms with Crippen LogP contribution in [0.4, 0.5) is 8.78 Å². The minimum atomic E-state index is -3.02. The Morgan fingerprint density at radius 2 is 2.00 bits per heavy atom. The Hall–Kier alpha value is -2.09. The summed E-state index contributed by atoms with van der Waals surface area (Å²) in [5, 5.41) is 6.10. The lowest BCUT2D eigenvalue weighted by Crippen LogP contribution is -2.26. The predicted octanol–water partition coefficient (Wildman–Crippen LogP) is 2.03. The third-order valence-corrected chi connectivity index (χ3v) is 3.93. The van der Waals surface area contributed by atoms with Crippen LogP contribution in [0.15, 0.2) is 12.1 Å². The summed E-state index contributed by atoms with van der Waals surface area (Å²) in [5.41, 5.74) is 0.259. The predicted molar refractivity (Wildman–Crippen MR) is 84.1 cm³/mol. The fraction of sp³-hybridized carbons (Fsp3) is 0.562. The monoisotopic (exact) mass is 344 g/mol. The number of hydrogen-bond donors (Lipinski definition) is 2. The topological polar surface area (TPSA) is 68.8 Å². The number of ether oxygens (including phenoxy) is 3. The molecule has 1 saturated heterocycles. The molecule has 0 spiro atoms. The first-order valence-corrected chi connectivity index (χ1v) is 7.75. The summed E-state index contributed by atoms with van der Waals surface area (Å²) in [6.45, 7) is -0.492. The lowest BCUT2D eigenvalue weighted by molar-refractivity contribution is -0.0526. The minimum Gasteiger partial charge on any atom is -0.493 e. The summed E-state index contributed by atoms with van der Waals surface area (Å²) < 4.78 is 39.5. The van der Waals surface area contributed by atoms with E-state index in [2.05, 4.69) is 15.4 Å². The van der Waals surface area contributed by atoms with Crippen LogP contribution in [-0.4, -0.2) is 46.4 Å². The average Bonchev–Trinajstić information content (AvgIpc) is 3.07. The van der Waals surface area contributed by atoms with Gasteiger partial charge in [0.15, 0.2) is 11.5 Å². The second-order valence-electron chi connectivity index (χ2n) is 5.49. The second-order valence-corrected chi connectivity index (χ2v) is 5.49. The molecule has 0 aliphatic carbocycles. The number of benzene rings is 1. The molecule has 24 heavy (non-hydrogen) atoms. The third kappa shape index (κ3) is 4.70. The molecule has 1 aliphatic rings. The normalized spacial score (nSPS) is 17.0. The van der Waals surface area contributed by atoms with Gasteiger partial charge in [-0.05, 0) is 44.0 Å². The van der Waals surface area contributed by atoms with Crippen molar-refractivity contribution in [3.63, 3.8) is 0 Å². The Morgan fingerprint density at radius 1 is 1.33 bits per heavy atom. The van der Waals surface area contributed by atoms with Crippen LogP contribution in [0.1, 0.15) is 23.2 Å². The molecule has 134 valence electrons. The van der Waals surface area contributed by atoms with E-state index in [1.165, 1.54) is 26.4 Å². The van der Waals surface area contributed by atoms with Crippen LogP contribution < -0.4 is 24.8 Å². The molecule has 1 aliphatic heterocycles. The van der Waals surface area contributed by atoms with Gasteiger partial charge in [0.2, 0.25) is 5.75 Å². The number of rotatable bonds is 8. The van der Waals surface area contributed by atoms with Gasteiger partial charge >= 0.3 is 6.61 Å². The number of methoxy groups -OCH3 is 2. The SMILES string of the molecule is COc1cc(C(=O)NCCC2CCNC2)cc(OC)c1OC(F)F. The van der Waals surface area contributed by atoms with Gasteiger partial charge in [-0.2, -0.15) is 8.78 Å². The van der Waals surface area contributed by atoms with Crippen LogP contribution in [0.25, 0.3) is 0 Å². The van der Waals surface area contributed by atoms with Crippen LogP contribution in [0, 0.1) is 5.92 Å². The van der Waals surface area contributed by atoms with Crippen LogP contribution in [-0.2, 0) is 0 Å². The molecule has 2 rings (SSSR count). The van der Waals surface area contributed by atoms with Gasteiger partial charge in [-0.25, -0.2) is 0 Å². The first-order chi connectivity index (χ1) is 11.5. The molecule has 1 aromatic carbocycles. The van der Waals surface area contributed by atoms with E-state index in [0.717, 1.165) is 25.9 Å². The summed E-state index contributed by atoms with van der Waals surface area (Å²) in [6, 6.07) is 2.71. The molecule has 1 amide bonds. The molecule has 8 heteroatoms. The van der Waals surface area contributed by atoms with Gasteiger partial charge in [-0.1, -0.05) is 0 Å². The summed E-state index contributed by atoms with van der Waals surface area (Å²) in [7, 11) is 2.61. The maximum Gasteiger partial charge on any atom is 0.387 e. The first kappa shape index (κ1) is 18.3. The number of carbonyl (C=O) groups is 1. The maximum atomic E-state index is 12.5. The Bertz CT molecular complexity index is 538. The van der Waals surface area contributed by atoms with Gasteiger partial charge in [0.1, 0.15) is 0 Å². The highest BCUT2D eigenvalue weighted by molar-refractivity contribution is 5.95. The number of halogens is 2. The smallest absolute Gasteiger partial charge is 0.387 e. The van der Waals surface area contributed by atoms with Gasteiger partial charge in [0.25, 0.3) is 5.91 Å². The van der Waals surface area contributed by atoms with E-state index in [1.807, 2.05) is 0 Å². The molecule has 0 saturated carbocycles. The molecule has 1 fully saturated rings. The summed E-state index contributed by atoms with van der Waals surface area (Å²) in [6.07, 6.45) is 2.00. The maximum absolute atomic E-state index is 12.5. The second kappa shape index (κ2) is 8.68. The number of hydrogen-bond acceptors (Lipinski definition) is 5. The van der Waals surface area contributed by atoms with E-state index in [4.69, 9.17) is 9.47 Å². The average molecular weight is 344 g/mol. The zero-order valence-corrected chi connectivity index (χ0v) is 13.7. The van der Waals surface area contributed by atoms with Crippen molar-refractivity contribution in [3.05, 3.63) is 17.7 Å². The van der Waals surface area contributed by atoms with Gasteiger partial charge in [0.05, 0.1) is 14.2 Å². The molecule has 1 unspecified atom stereocenters. The molecule has 1 atom stereocenters. The number of amides is 1. The highest BCUT2D eigenvalue weighted by Gasteiger charge is 2.21. The van der Waals surface area contributed by atoms with Crippen molar-refractivity contribution in [1.82, 2.24) is 10.6 Å². The van der Waals surface area contributed by atoms with Crippen LogP contribution in [0.2, 0.25) is 0 Å². The lowest BCUT2D eigenvalue weighted by Gasteiger charge is -2.15. The van der Waals surface area contributed by atoms with Crippen molar-refractivity contribution >= 4 is 5.91 Å². The minimum absolute atomic E-state index is 0.0137. The molecule has 0 radical (unpaired) electrons. The van der Waals surface area contributed by atoms with Gasteiger partial charge in [0, 0.05) is 12.1 Å². The zero-order valence-electron chi connectivity index (χ0n) is 13.7. The molecule has 0 aromatic heterocycles.